The summed E-state index contributed by atoms with van der Waals surface area (Å²) >= 11 is 0. The molecule has 1 unspecified atom stereocenters. The number of carbonyl (C=O) groups excluding carboxylic acids is 2. The lowest BCUT2D eigenvalue weighted by molar-refractivity contribution is -0.128. The molecule has 2 fully saturated rings. The van der Waals surface area contributed by atoms with Crippen molar-refractivity contribution >= 4 is 17.5 Å². The highest BCUT2D eigenvalue weighted by Crippen LogP contribution is 2.28. The molecule has 1 aromatic heterocycles. The Bertz CT molecular complexity index is 1070. The zero-order chi connectivity index (χ0) is 21.3. The van der Waals surface area contributed by atoms with E-state index in [1.165, 1.54) is 0 Å². The lowest BCUT2D eigenvalue weighted by atomic mass is 10.1. The number of rotatable bonds is 4. The predicted octanol–water partition coefficient (Wildman–Crippen LogP) is 0.432. The van der Waals surface area contributed by atoms with Crippen LogP contribution in [0.25, 0.3) is 11.4 Å². The SMILES string of the molecule is CN1CCC(C#Cc2cccc(-c3nc(OC4COC4)c(N)c(C(N)=O)n3)c2)C1=O. The van der Waals surface area contributed by atoms with Gasteiger partial charge in [-0.25, -0.2) is 4.98 Å². The van der Waals surface area contributed by atoms with Gasteiger partial charge in [0.2, 0.25) is 11.8 Å². The molecule has 154 valence electrons. The van der Waals surface area contributed by atoms with Gasteiger partial charge in [0.05, 0.1) is 13.2 Å². The maximum Gasteiger partial charge on any atom is 0.269 e. The van der Waals surface area contributed by atoms with E-state index in [4.69, 9.17) is 20.9 Å². The number of nitrogen functional groups attached to an aromatic ring is 1. The molecule has 1 aromatic carbocycles. The molecule has 2 aliphatic rings. The number of carbonyl (C=O) groups is 2. The number of nitrogens with zero attached hydrogens (tertiary/aromatic N) is 3. The lowest BCUT2D eigenvalue weighted by Crippen LogP contribution is -2.39. The molecule has 3 heterocycles. The minimum atomic E-state index is -0.773. The fraction of sp³-hybridized carbons (Fsp3) is 0.333. The molecule has 2 saturated heterocycles. The van der Waals surface area contributed by atoms with Crippen LogP contribution in [-0.2, 0) is 9.53 Å². The van der Waals surface area contributed by atoms with Gasteiger partial charge in [0.1, 0.15) is 17.7 Å². The molecule has 4 N–H and O–H groups in total. The van der Waals surface area contributed by atoms with Crippen LogP contribution in [0.2, 0.25) is 0 Å². The number of likely N-dealkylation sites (tertiary alicyclic amines) is 1. The van der Waals surface area contributed by atoms with Crippen molar-refractivity contribution in [2.75, 3.05) is 32.5 Å². The number of ether oxygens (including phenoxy) is 2. The first-order valence-corrected chi connectivity index (χ1v) is 9.51. The van der Waals surface area contributed by atoms with Crippen molar-refractivity contribution in [2.24, 2.45) is 11.7 Å². The Morgan fingerprint density at radius 2 is 2.13 bits per heavy atom. The number of primary amides is 1. The standard InChI is InChI=1S/C21H21N5O4/c1-26-8-7-13(21(26)28)6-5-12-3-2-4-14(9-12)19-24-17(18(23)27)16(22)20(25-19)30-15-10-29-11-15/h2-4,9,13,15H,7-8,10-11,22H2,1H3,(H2,23,27). The van der Waals surface area contributed by atoms with E-state index in [9.17, 15) is 9.59 Å². The summed E-state index contributed by atoms with van der Waals surface area (Å²) in [6.45, 7) is 1.55. The summed E-state index contributed by atoms with van der Waals surface area (Å²) in [5.41, 5.74) is 12.6. The molecule has 30 heavy (non-hydrogen) atoms. The highest BCUT2D eigenvalue weighted by atomic mass is 16.6. The van der Waals surface area contributed by atoms with Crippen LogP contribution in [0.15, 0.2) is 24.3 Å². The molecular formula is C21H21N5O4. The van der Waals surface area contributed by atoms with Crippen LogP contribution in [0.3, 0.4) is 0 Å². The summed E-state index contributed by atoms with van der Waals surface area (Å²) in [7, 11) is 1.77. The molecule has 4 rings (SSSR count). The average Bonchev–Trinajstić information content (AvgIpc) is 3.02. The van der Waals surface area contributed by atoms with Gasteiger partial charge in [-0.15, -0.1) is 0 Å². The van der Waals surface area contributed by atoms with Crippen molar-refractivity contribution < 1.29 is 19.1 Å². The fourth-order valence-corrected chi connectivity index (χ4v) is 3.16. The van der Waals surface area contributed by atoms with E-state index in [0.717, 1.165) is 6.42 Å². The number of amides is 2. The first kappa shape index (κ1) is 19.7. The highest BCUT2D eigenvalue weighted by Gasteiger charge is 2.27. The van der Waals surface area contributed by atoms with Gasteiger partial charge in [-0.3, -0.25) is 9.59 Å². The third-order valence-corrected chi connectivity index (χ3v) is 4.97. The second-order valence-corrected chi connectivity index (χ2v) is 7.21. The van der Waals surface area contributed by atoms with Crippen LogP contribution < -0.4 is 16.2 Å². The Hall–Kier alpha value is -3.64. The van der Waals surface area contributed by atoms with Crippen LogP contribution in [0.4, 0.5) is 5.69 Å². The number of benzene rings is 1. The van der Waals surface area contributed by atoms with E-state index >= 15 is 0 Å². The molecule has 9 nitrogen and oxygen atoms in total. The van der Waals surface area contributed by atoms with Crippen molar-refractivity contribution in [1.82, 2.24) is 14.9 Å². The number of nitrogens with two attached hydrogens (primary N) is 2. The van der Waals surface area contributed by atoms with Gasteiger partial charge in [-0.1, -0.05) is 24.0 Å². The lowest BCUT2D eigenvalue weighted by Gasteiger charge is -2.26. The zero-order valence-electron chi connectivity index (χ0n) is 16.4. The quantitative estimate of drug-likeness (QED) is 0.702. The summed E-state index contributed by atoms with van der Waals surface area (Å²) in [4.78, 5) is 34.1. The zero-order valence-corrected chi connectivity index (χ0v) is 16.4. The summed E-state index contributed by atoms with van der Waals surface area (Å²) in [5, 5.41) is 0. The third kappa shape index (κ3) is 3.90. The summed E-state index contributed by atoms with van der Waals surface area (Å²) in [6, 6.07) is 7.19. The summed E-state index contributed by atoms with van der Waals surface area (Å²) < 4.78 is 10.8. The van der Waals surface area contributed by atoms with Crippen LogP contribution in [0.1, 0.15) is 22.5 Å². The van der Waals surface area contributed by atoms with E-state index in [1.54, 1.807) is 30.1 Å². The fourth-order valence-electron chi connectivity index (χ4n) is 3.16. The Morgan fingerprint density at radius 3 is 2.77 bits per heavy atom. The number of anilines is 1. The van der Waals surface area contributed by atoms with Crippen molar-refractivity contribution in [3.8, 4) is 29.1 Å². The highest BCUT2D eigenvalue weighted by molar-refractivity contribution is 5.97. The largest absolute Gasteiger partial charge is 0.468 e. The van der Waals surface area contributed by atoms with Gasteiger partial charge in [0, 0.05) is 24.7 Å². The van der Waals surface area contributed by atoms with Crippen LogP contribution in [0, 0.1) is 17.8 Å². The first-order valence-electron chi connectivity index (χ1n) is 9.51. The molecule has 0 saturated carbocycles. The van der Waals surface area contributed by atoms with Gasteiger partial charge in [0.25, 0.3) is 5.91 Å². The Kier molecular flexibility index (Phi) is 5.25. The van der Waals surface area contributed by atoms with E-state index in [-0.39, 0.29) is 41.0 Å². The molecular weight excluding hydrogens is 386 g/mol. The number of hydrogen-bond acceptors (Lipinski definition) is 7. The van der Waals surface area contributed by atoms with Crippen LogP contribution in [-0.4, -0.2) is 59.6 Å². The van der Waals surface area contributed by atoms with Crippen molar-refractivity contribution in [3.05, 3.63) is 35.5 Å². The maximum absolute atomic E-state index is 12.0. The Labute approximate surface area is 173 Å². The summed E-state index contributed by atoms with van der Waals surface area (Å²) in [6.07, 6.45) is 0.534. The molecule has 0 bridgehead atoms. The van der Waals surface area contributed by atoms with Crippen molar-refractivity contribution in [2.45, 2.75) is 12.5 Å². The third-order valence-electron chi connectivity index (χ3n) is 4.97. The van der Waals surface area contributed by atoms with Crippen LogP contribution in [0.5, 0.6) is 5.88 Å². The van der Waals surface area contributed by atoms with Gasteiger partial charge in [-0.05, 0) is 18.6 Å². The molecule has 9 heteroatoms. The van der Waals surface area contributed by atoms with E-state index in [0.29, 0.717) is 30.9 Å². The average molecular weight is 407 g/mol. The maximum atomic E-state index is 12.0. The second-order valence-electron chi connectivity index (χ2n) is 7.21. The Morgan fingerprint density at radius 1 is 1.33 bits per heavy atom. The molecule has 0 aliphatic carbocycles. The van der Waals surface area contributed by atoms with Crippen molar-refractivity contribution in [1.29, 1.82) is 0 Å². The Balaban J connectivity index is 1.66. The summed E-state index contributed by atoms with van der Waals surface area (Å²) in [5.74, 6) is 5.39. The molecule has 2 aromatic rings. The normalized spacial score (nSPS) is 18.5. The smallest absolute Gasteiger partial charge is 0.269 e. The van der Waals surface area contributed by atoms with Crippen molar-refractivity contribution in [3.63, 3.8) is 0 Å². The predicted molar refractivity (Wildman–Crippen MR) is 108 cm³/mol. The molecule has 0 spiro atoms. The van der Waals surface area contributed by atoms with E-state index in [1.807, 2.05) is 6.07 Å². The van der Waals surface area contributed by atoms with E-state index < -0.39 is 5.91 Å². The van der Waals surface area contributed by atoms with Gasteiger partial charge in [-0.2, -0.15) is 4.98 Å². The minimum absolute atomic E-state index is 0.00189. The molecule has 2 amide bonds. The minimum Gasteiger partial charge on any atom is -0.468 e. The van der Waals surface area contributed by atoms with Gasteiger partial charge in [0.15, 0.2) is 11.5 Å². The molecule has 1 atom stereocenters. The number of aromatic nitrogens is 2. The first-order chi connectivity index (χ1) is 14.4. The number of hydrogen-bond donors (Lipinski definition) is 2. The monoisotopic (exact) mass is 407 g/mol. The van der Waals surface area contributed by atoms with E-state index in [2.05, 4.69) is 21.8 Å². The van der Waals surface area contributed by atoms with Gasteiger partial charge < -0.3 is 25.8 Å². The van der Waals surface area contributed by atoms with Crippen LogP contribution >= 0.6 is 0 Å². The topological polar surface area (TPSA) is 134 Å². The van der Waals surface area contributed by atoms with Gasteiger partial charge >= 0.3 is 0 Å². The molecule has 2 aliphatic heterocycles. The molecule has 0 radical (unpaired) electrons. The second kappa shape index (κ2) is 8.00.